The Hall–Kier alpha value is -2.15. The molecule has 0 spiro atoms. The number of ether oxygens (including phenoxy) is 1. The van der Waals surface area contributed by atoms with Crippen LogP contribution in [-0.4, -0.2) is 41.2 Å². The number of nitrogens with one attached hydrogen (secondary N) is 1. The zero-order valence-electron chi connectivity index (χ0n) is 9.92. The van der Waals surface area contributed by atoms with Crippen molar-refractivity contribution in [2.24, 2.45) is 5.73 Å². The summed E-state index contributed by atoms with van der Waals surface area (Å²) >= 11 is 0. The maximum atomic E-state index is 11.3. The van der Waals surface area contributed by atoms with Gasteiger partial charge in [-0.2, -0.15) is 0 Å². The number of pyridine rings is 1. The molecule has 18 heavy (non-hydrogen) atoms. The highest BCUT2D eigenvalue weighted by Crippen LogP contribution is 2.06. The van der Waals surface area contributed by atoms with E-state index in [1.165, 1.54) is 12.3 Å². The van der Waals surface area contributed by atoms with Crippen LogP contribution in [0.25, 0.3) is 0 Å². The van der Waals surface area contributed by atoms with Gasteiger partial charge in [0.15, 0.2) is 0 Å². The van der Waals surface area contributed by atoms with Gasteiger partial charge in [-0.15, -0.1) is 0 Å². The van der Waals surface area contributed by atoms with Gasteiger partial charge in [-0.25, -0.2) is 9.78 Å². The predicted octanol–water partition coefficient (Wildman–Crippen LogP) is -0.484. The van der Waals surface area contributed by atoms with E-state index in [0.29, 0.717) is 18.0 Å². The molecule has 0 radical (unpaired) electrons. The highest BCUT2D eigenvalue weighted by Gasteiger charge is 2.11. The average molecular weight is 253 g/mol. The molecule has 1 unspecified atom stereocenters. The highest BCUT2D eigenvalue weighted by molar-refractivity contribution is 5.89. The smallest absolute Gasteiger partial charge is 0.339 e. The summed E-state index contributed by atoms with van der Waals surface area (Å²) in [7, 11) is 0. The first-order valence-corrected chi connectivity index (χ1v) is 5.39. The van der Waals surface area contributed by atoms with Gasteiger partial charge >= 0.3 is 5.97 Å². The maximum Gasteiger partial charge on any atom is 0.339 e. The number of nitrogens with two attached hydrogens (primary N) is 1. The molecule has 7 nitrogen and oxygen atoms in total. The quantitative estimate of drug-likeness (QED) is 0.590. The van der Waals surface area contributed by atoms with Gasteiger partial charge in [0.05, 0.1) is 18.7 Å². The number of anilines is 1. The van der Waals surface area contributed by atoms with Crippen LogP contribution in [0.1, 0.15) is 17.3 Å². The molecule has 0 saturated carbocycles. The Labute approximate surface area is 104 Å². The van der Waals surface area contributed by atoms with E-state index in [9.17, 15) is 9.59 Å². The van der Waals surface area contributed by atoms with Crippen molar-refractivity contribution in [3.8, 4) is 0 Å². The Balaban J connectivity index is 2.55. The van der Waals surface area contributed by atoms with Crippen LogP contribution in [-0.2, 0) is 9.53 Å². The fourth-order valence-electron chi connectivity index (χ4n) is 1.14. The number of primary amides is 1. The van der Waals surface area contributed by atoms with Gasteiger partial charge in [0, 0.05) is 6.20 Å². The van der Waals surface area contributed by atoms with Crippen molar-refractivity contribution in [1.82, 2.24) is 4.98 Å². The third kappa shape index (κ3) is 4.02. The number of nitrogens with zero attached hydrogens (tertiary/aromatic N) is 1. The van der Waals surface area contributed by atoms with Crippen molar-refractivity contribution in [3.05, 3.63) is 23.9 Å². The van der Waals surface area contributed by atoms with Crippen LogP contribution < -0.4 is 11.1 Å². The van der Waals surface area contributed by atoms with Gasteiger partial charge < -0.3 is 20.9 Å². The van der Waals surface area contributed by atoms with Crippen molar-refractivity contribution in [3.63, 3.8) is 0 Å². The SMILES string of the molecule is CCOC(=O)c1ccc(NCC(O)C(N)=O)nc1. The first kappa shape index (κ1) is 13.9. The molecule has 0 aliphatic carbocycles. The number of hydrogen-bond acceptors (Lipinski definition) is 6. The zero-order valence-corrected chi connectivity index (χ0v) is 9.92. The van der Waals surface area contributed by atoms with E-state index in [2.05, 4.69) is 10.3 Å². The second kappa shape index (κ2) is 6.55. The van der Waals surface area contributed by atoms with Crippen molar-refractivity contribution in [1.29, 1.82) is 0 Å². The Morgan fingerprint density at radius 1 is 1.56 bits per heavy atom. The molecule has 1 aromatic rings. The number of hydrogen-bond donors (Lipinski definition) is 3. The van der Waals surface area contributed by atoms with Gasteiger partial charge in [-0.3, -0.25) is 4.79 Å². The minimum absolute atomic E-state index is 0.0406. The van der Waals surface area contributed by atoms with Crippen LogP contribution in [0.2, 0.25) is 0 Å². The number of carbonyl (C=O) groups is 2. The molecular weight excluding hydrogens is 238 g/mol. The number of aromatic nitrogens is 1. The summed E-state index contributed by atoms with van der Waals surface area (Å²) in [5, 5.41) is 11.9. The summed E-state index contributed by atoms with van der Waals surface area (Å²) in [6, 6.07) is 3.07. The molecule has 1 amide bonds. The molecular formula is C11H15N3O4. The van der Waals surface area contributed by atoms with E-state index in [-0.39, 0.29) is 6.54 Å². The van der Waals surface area contributed by atoms with E-state index in [0.717, 1.165) is 0 Å². The summed E-state index contributed by atoms with van der Waals surface area (Å²) in [4.78, 5) is 25.9. The molecule has 0 aliphatic heterocycles. The van der Waals surface area contributed by atoms with Crippen LogP contribution in [0.15, 0.2) is 18.3 Å². The van der Waals surface area contributed by atoms with Crippen molar-refractivity contribution < 1.29 is 19.4 Å². The lowest BCUT2D eigenvalue weighted by Crippen LogP contribution is -2.34. The molecule has 0 bridgehead atoms. The molecule has 0 aromatic carbocycles. The minimum atomic E-state index is -1.28. The fraction of sp³-hybridized carbons (Fsp3) is 0.364. The average Bonchev–Trinajstić information content (AvgIpc) is 2.36. The number of aliphatic hydroxyl groups excluding tert-OH is 1. The Morgan fingerprint density at radius 2 is 2.28 bits per heavy atom. The number of carbonyl (C=O) groups excluding carboxylic acids is 2. The normalized spacial score (nSPS) is 11.7. The molecule has 0 aliphatic rings. The van der Waals surface area contributed by atoms with E-state index in [4.69, 9.17) is 15.6 Å². The molecule has 98 valence electrons. The third-order valence-electron chi connectivity index (χ3n) is 2.08. The van der Waals surface area contributed by atoms with Crippen LogP contribution in [0, 0.1) is 0 Å². The first-order chi connectivity index (χ1) is 8.54. The Morgan fingerprint density at radius 3 is 2.78 bits per heavy atom. The lowest BCUT2D eigenvalue weighted by molar-refractivity contribution is -0.125. The van der Waals surface area contributed by atoms with Gasteiger partial charge in [0.2, 0.25) is 5.91 Å². The lowest BCUT2D eigenvalue weighted by atomic mass is 10.3. The second-order valence-electron chi connectivity index (χ2n) is 3.45. The van der Waals surface area contributed by atoms with E-state index >= 15 is 0 Å². The van der Waals surface area contributed by atoms with Crippen molar-refractivity contribution >= 4 is 17.7 Å². The molecule has 1 atom stereocenters. The molecule has 1 rings (SSSR count). The lowest BCUT2D eigenvalue weighted by Gasteiger charge is -2.09. The standard InChI is InChI=1S/C11H15N3O4/c1-2-18-11(17)7-3-4-9(13-5-7)14-6-8(15)10(12)16/h3-5,8,15H,2,6H2,1H3,(H2,12,16)(H,13,14). The topological polar surface area (TPSA) is 115 Å². The molecule has 1 aromatic heterocycles. The van der Waals surface area contributed by atoms with Crippen LogP contribution in [0.3, 0.4) is 0 Å². The first-order valence-electron chi connectivity index (χ1n) is 5.39. The van der Waals surface area contributed by atoms with Crippen molar-refractivity contribution in [2.75, 3.05) is 18.5 Å². The van der Waals surface area contributed by atoms with E-state index in [1.807, 2.05) is 0 Å². The van der Waals surface area contributed by atoms with Gasteiger partial charge in [-0.05, 0) is 19.1 Å². The number of esters is 1. The van der Waals surface area contributed by atoms with E-state index < -0.39 is 18.0 Å². The molecule has 0 fully saturated rings. The molecule has 0 saturated heterocycles. The second-order valence-corrected chi connectivity index (χ2v) is 3.45. The van der Waals surface area contributed by atoms with Crippen molar-refractivity contribution in [2.45, 2.75) is 13.0 Å². The number of amides is 1. The van der Waals surface area contributed by atoms with Crippen LogP contribution in [0.5, 0.6) is 0 Å². The molecule has 1 heterocycles. The summed E-state index contributed by atoms with van der Waals surface area (Å²) in [5.74, 6) is -0.845. The van der Waals surface area contributed by atoms with Gasteiger partial charge in [0.1, 0.15) is 11.9 Å². The summed E-state index contributed by atoms with van der Waals surface area (Å²) in [6.07, 6.45) is 0.0632. The van der Waals surface area contributed by atoms with Crippen LogP contribution in [0.4, 0.5) is 5.82 Å². The van der Waals surface area contributed by atoms with E-state index in [1.54, 1.807) is 13.0 Å². The van der Waals surface area contributed by atoms with Gasteiger partial charge in [0.25, 0.3) is 0 Å². The Kier molecular flexibility index (Phi) is 5.06. The number of rotatable bonds is 6. The monoisotopic (exact) mass is 253 g/mol. The number of aliphatic hydroxyl groups is 1. The zero-order chi connectivity index (χ0) is 13.5. The van der Waals surface area contributed by atoms with Crippen LogP contribution >= 0.6 is 0 Å². The largest absolute Gasteiger partial charge is 0.462 e. The molecule has 7 heteroatoms. The summed E-state index contributed by atoms with van der Waals surface area (Å²) in [6.45, 7) is 1.97. The minimum Gasteiger partial charge on any atom is -0.462 e. The summed E-state index contributed by atoms with van der Waals surface area (Å²) < 4.78 is 4.80. The third-order valence-corrected chi connectivity index (χ3v) is 2.08. The maximum absolute atomic E-state index is 11.3. The summed E-state index contributed by atoms with van der Waals surface area (Å²) in [5.41, 5.74) is 5.22. The highest BCUT2D eigenvalue weighted by atomic mass is 16.5. The molecule has 4 N–H and O–H groups in total. The Bertz CT molecular complexity index is 419. The predicted molar refractivity (Wildman–Crippen MR) is 63.9 cm³/mol. The fourth-order valence-corrected chi connectivity index (χ4v) is 1.14. The van der Waals surface area contributed by atoms with Gasteiger partial charge in [-0.1, -0.05) is 0 Å².